The molecule has 2 unspecified atom stereocenters. The van der Waals surface area contributed by atoms with Crippen molar-refractivity contribution in [1.82, 2.24) is 0 Å². The lowest BCUT2D eigenvalue weighted by molar-refractivity contribution is -0.136. The molecule has 0 heterocycles. The van der Waals surface area contributed by atoms with E-state index >= 15 is 0 Å². The van der Waals surface area contributed by atoms with Crippen LogP contribution in [0, 0.1) is 0 Å². The summed E-state index contributed by atoms with van der Waals surface area (Å²) in [6, 6.07) is 0. The molecule has 0 aliphatic rings. The highest BCUT2D eigenvalue weighted by atomic mass is 79.9. The molecule has 0 aromatic heterocycles. The van der Waals surface area contributed by atoms with Crippen molar-refractivity contribution in [2.75, 3.05) is 0 Å². The zero-order valence-electron chi connectivity index (χ0n) is 9.54. The molecule has 1 N–H and O–H groups in total. The van der Waals surface area contributed by atoms with E-state index < -0.39 is 15.2 Å². The van der Waals surface area contributed by atoms with Gasteiger partial charge in [0.25, 0.3) is 0 Å². The quantitative estimate of drug-likeness (QED) is 0.455. The van der Waals surface area contributed by atoms with Gasteiger partial charge in [-0.25, -0.2) is 4.21 Å². The van der Waals surface area contributed by atoms with E-state index in [2.05, 4.69) is 53.2 Å². The molecule has 19 heavy (non-hydrogen) atoms. The molecule has 0 saturated heterocycles. The third kappa shape index (κ3) is 32.6. The van der Waals surface area contributed by atoms with Crippen LogP contribution in [0.4, 0.5) is 0 Å². The maximum atomic E-state index is 10.1. The SMILES string of the molecule is C.CCC(Br)C(=O)Cl.CCC(Br)C(=O)O.O=S(Cl)Cl. The highest BCUT2D eigenvalue weighted by Gasteiger charge is 2.07. The average Bonchev–Trinajstić information content (AvgIpc) is 2.26. The van der Waals surface area contributed by atoms with Gasteiger partial charge in [-0.1, -0.05) is 53.1 Å². The molecule has 0 rings (SSSR count). The molecular weight excluding hydrogens is 470 g/mol. The van der Waals surface area contributed by atoms with Crippen molar-refractivity contribution >= 4 is 85.3 Å². The van der Waals surface area contributed by atoms with E-state index in [4.69, 9.17) is 20.9 Å². The Morgan fingerprint density at radius 3 is 1.42 bits per heavy atom. The van der Waals surface area contributed by atoms with Gasteiger partial charge in [0, 0.05) is 21.4 Å². The second-order valence-corrected chi connectivity index (χ2v) is 7.69. The molecule has 0 aromatic carbocycles. The Balaban J connectivity index is -0.0000000900. The van der Waals surface area contributed by atoms with E-state index in [0.29, 0.717) is 6.42 Å². The molecule has 118 valence electrons. The Kier molecular flexibility index (Phi) is 28.5. The number of carbonyl (C=O) groups is 2. The smallest absolute Gasteiger partial charge is 0.317 e. The minimum Gasteiger partial charge on any atom is -0.480 e. The number of halogens is 5. The first-order valence-electron chi connectivity index (χ1n) is 4.54. The minimum atomic E-state index is -1.67. The van der Waals surface area contributed by atoms with Crippen molar-refractivity contribution in [2.45, 2.75) is 43.8 Å². The molecular formula is C9H17Br2Cl3O4S. The third-order valence-electron chi connectivity index (χ3n) is 1.23. The van der Waals surface area contributed by atoms with Crippen LogP contribution in [0.15, 0.2) is 0 Å². The predicted molar refractivity (Wildman–Crippen MR) is 91.1 cm³/mol. The van der Waals surface area contributed by atoms with Crippen LogP contribution in [0.1, 0.15) is 34.1 Å². The lowest BCUT2D eigenvalue weighted by Crippen LogP contribution is -2.09. The van der Waals surface area contributed by atoms with E-state index in [1.807, 2.05) is 13.8 Å². The summed E-state index contributed by atoms with van der Waals surface area (Å²) in [5.41, 5.74) is 0. The molecule has 0 saturated carbocycles. The summed E-state index contributed by atoms with van der Waals surface area (Å²) in [6.45, 7) is 3.70. The number of alkyl halides is 2. The van der Waals surface area contributed by atoms with Gasteiger partial charge in [-0.3, -0.25) is 9.59 Å². The fourth-order valence-electron chi connectivity index (χ4n) is 0.335. The third-order valence-corrected chi connectivity index (χ3v) is 3.86. The Hall–Kier alpha value is 1.12. The maximum Gasteiger partial charge on any atom is 0.317 e. The van der Waals surface area contributed by atoms with Crippen LogP contribution >= 0.6 is 64.8 Å². The van der Waals surface area contributed by atoms with Crippen molar-refractivity contribution in [3.63, 3.8) is 0 Å². The summed E-state index contributed by atoms with van der Waals surface area (Å²) in [5.74, 6) is -0.789. The molecule has 2 atom stereocenters. The Morgan fingerprint density at radius 2 is 1.42 bits per heavy atom. The summed E-state index contributed by atoms with van der Waals surface area (Å²) < 4.78 is 9.09. The first kappa shape index (κ1) is 28.3. The van der Waals surface area contributed by atoms with Gasteiger partial charge in [0.05, 0.1) is 4.83 Å². The summed E-state index contributed by atoms with van der Waals surface area (Å²) in [6.07, 6.45) is 1.39. The van der Waals surface area contributed by atoms with Crippen LogP contribution in [0.2, 0.25) is 0 Å². The number of hydrogen-bond acceptors (Lipinski definition) is 3. The highest BCUT2D eigenvalue weighted by Crippen LogP contribution is 2.06. The van der Waals surface area contributed by atoms with Crippen LogP contribution in [0.25, 0.3) is 0 Å². The Morgan fingerprint density at radius 1 is 1.16 bits per heavy atom. The van der Waals surface area contributed by atoms with Crippen LogP contribution in [-0.4, -0.2) is 30.2 Å². The van der Waals surface area contributed by atoms with Gasteiger partial charge in [-0.05, 0) is 24.4 Å². The Labute approximate surface area is 147 Å². The van der Waals surface area contributed by atoms with E-state index in [9.17, 15) is 9.59 Å². The van der Waals surface area contributed by atoms with Crippen LogP contribution in [0.5, 0.6) is 0 Å². The number of carboxylic acid groups (broad SMARTS) is 1. The number of carbonyl (C=O) groups excluding carboxylic acids is 1. The molecule has 4 nitrogen and oxygen atoms in total. The zero-order valence-corrected chi connectivity index (χ0v) is 15.8. The van der Waals surface area contributed by atoms with Gasteiger partial charge in [-0.2, -0.15) is 0 Å². The number of rotatable bonds is 4. The minimum absolute atomic E-state index is 0. The van der Waals surface area contributed by atoms with E-state index in [1.165, 1.54) is 0 Å². The highest BCUT2D eigenvalue weighted by molar-refractivity contribution is 9.10. The van der Waals surface area contributed by atoms with E-state index in [1.54, 1.807) is 0 Å². The van der Waals surface area contributed by atoms with Crippen molar-refractivity contribution in [3.8, 4) is 0 Å². The summed E-state index contributed by atoms with van der Waals surface area (Å²) in [7, 11) is 7.36. The summed E-state index contributed by atoms with van der Waals surface area (Å²) in [5, 5.41) is 7.82. The van der Waals surface area contributed by atoms with Gasteiger partial charge in [0.2, 0.25) is 14.5 Å². The number of aliphatic carboxylic acids is 1. The number of carboxylic acids is 1. The topological polar surface area (TPSA) is 71.4 Å². The van der Waals surface area contributed by atoms with Gasteiger partial charge in [0.1, 0.15) is 4.83 Å². The summed E-state index contributed by atoms with van der Waals surface area (Å²) >= 11 is 11.0. The summed E-state index contributed by atoms with van der Waals surface area (Å²) in [4.78, 5) is 19.5. The second-order valence-electron chi connectivity index (χ2n) is 2.58. The van der Waals surface area contributed by atoms with Crippen molar-refractivity contribution in [1.29, 1.82) is 0 Å². The molecule has 0 fully saturated rings. The standard InChI is InChI=1S/C4H6BrClO.C4H7BrO2.CH4.Cl2OS/c2*1-2-3(5)4(6)7;;1-4(2)3/h3H,2H2,1H3;3H,2H2,1H3,(H,6,7);1H4;. The first-order chi connectivity index (χ1) is 8.09. The van der Waals surface area contributed by atoms with Crippen LogP contribution < -0.4 is 0 Å². The van der Waals surface area contributed by atoms with Gasteiger partial charge >= 0.3 is 5.97 Å². The van der Waals surface area contributed by atoms with Gasteiger partial charge in [-0.15, -0.1) is 0 Å². The Bertz CT molecular complexity index is 246. The van der Waals surface area contributed by atoms with Gasteiger partial charge in [0.15, 0.2) is 0 Å². The maximum absolute atomic E-state index is 10.1. The van der Waals surface area contributed by atoms with Crippen LogP contribution in [0.3, 0.4) is 0 Å². The lowest BCUT2D eigenvalue weighted by Gasteiger charge is -1.94. The first-order valence-corrected chi connectivity index (χ1v) is 9.55. The number of hydrogen-bond donors (Lipinski definition) is 1. The normalized spacial score (nSPS) is 11.8. The van der Waals surface area contributed by atoms with E-state index in [0.717, 1.165) is 6.42 Å². The molecule has 0 radical (unpaired) electrons. The van der Waals surface area contributed by atoms with Crippen molar-refractivity contribution < 1.29 is 18.9 Å². The van der Waals surface area contributed by atoms with Crippen molar-refractivity contribution in [3.05, 3.63) is 0 Å². The zero-order chi connectivity index (χ0) is 15.3. The predicted octanol–water partition coefficient (Wildman–Crippen LogP) is 4.85. The molecule has 0 aliphatic heterocycles. The van der Waals surface area contributed by atoms with Crippen molar-refractivity contribution in [2.24, 2.45) is 0 Å². The molecule has 0 aromatic rings. The van der Waals surface area contributed by atoms with E-state index in [-0.39, 0.29) is 22.3 Å². The largest absolute Gasteiger partial charge is 0.480 e. The fourth-order valence-corrected chi connectivity index (χ4v) is 0.489. The van der Waals surface area contributed by atoms with Gasteiger partial charge < -0.3 is 5.11 Å². The molecule has 10 heteroatoms. The molecule has 0 aliphatic carbocycles. The molecule has 0 bridgehead atoms. The average molecular weight is 487 g/mol. The fraction of sp³-hybridized carbons (Fsp3) is 0.778. The molecule has 0 spiro atoms. The van der Waals surface area contributed by atoms with Crippen LogP contribution in [-0.2, 0) is 18.8 Å². The lowest BCUT2D eigenvalue weighted by atomic mass is 10.3. The molecule has 0 amide bonds. The monoisotopic (exact) mass is 484 g/mol. The second kappa shape index (κ2) is 19.1.